The van der Waals surface area contributed by atoms with Crippen LogP contribution in [-0.4, -0.2) is 53.3 Å². The van der Waals surface area contributed by atoms with E-state index in [1.54, 1.807) is 4.90 Å². The van der Waals surface area contributed by atoms with Gasteiger partial charge in [-0.25, -0.2) is 4.79 Å². The van der Waals surface area contributed by atoms with Crippen LogP contribution in [0, 0.1) is 5.92 Å². The van der Waals surface area contributed by atoms with Crippen molar-refractivity contribution in [2.75, 3.05) is 19.7 Å². The summed E-state index contributed by atoms with van der Waals surface area (Å²) in [6.45, 7) is 5.94. The maximum atomic E-state index is 12.3. The maximum Gasteiger partial charge on any atom is 0.317 e. The van der Waals surface area contributed by atoms with Crippen LogP contribution in [0.3, 0.4) is 0 Å². The molecule has 0 aromatic carbocycles. The third-order valence-corrected chi connectivity index (χ3v) is 4.64. The number of rotatable bonds is 3. The smallest absolute Gasteiger partial charge is 0.317 e. The molecule has 2 atom stereocenters. The lowest BCUT2D eigenvalue weighted by Crippen LogP contribution is -2.56. The molecule has 2 aliphatic heterocycles. The number of likely N-dealkylation sites (tertiary alicyclic amines) is 1. The molecule has 2 aliphatic rings. The van der Waals surface area contributed by atoms with Crippen LogP contribution in [0.4, 0.5) is 4.79 Å². The molecular formula is C14H24N2O4. The number of carbonyl (C=O) groups excluding carboxylic acids is 1. The fraction of sp³-hybridized carbons (Fsp3) is 0.857. The zero-order chi connectivity index (χ0) is 14.8. The van der Waals surface area contributed by atoms with E-state index in [1.807, 2.05) is 13.8 Å². The van der Waals surface area contributed by atoms with Gasteiger partial charge in [-0.05, 0) is 39.0 Å². The number of hydrogen-bond donors (Lipinski definition) is 2. The van der Waals surface area contributed by atoms with E-state index < -0.39 is 5.97 Å². The molecule has 2 rings (SSSR count). The van der Waals surface area contributed by atoms with E-state index in [2.05, 4.69) is 5.32 Å². The van der Waals surface area contributed by atoms with Crippen molar-refractivity contribution in [3.63, 3.8) is 0 Å². The van der Waals surface area contributed by atoms with Crippen LogP contribution < -0.4 is 5.32 Å². The molecule has 2 saturated heterocycles. The van der Waals surface area contributed by atoms with Crippen LogP contribution in [0.5, 0.6) is 0 Å². The molecule has 114 valence electrons. The van der Waals surface area contributed by atoms with Gasteiger partial charge in [0.2, 0.25) is 0 Å². The van der Waals surface area contributed by atoms with Crippen LogP contribution >= 0.6 is 0 Å². The average Bonchev–Trinajstić information content (AvgIpc) is 2.69. The number of carboxylic acid groups (broad SMARTS) is 1. The van der Waals surface area contributed by atoms with Gasteiger partial charge < -0.3 is 20.1 Å². The lowest BCUT2D eigenvalue weighted by molar-refractivity contribution is -0.138. The number of hydrogen-bond acceptors (Lipinski definition) is 3. The Morgan fingerprint density at radius 3 is 2.55 bits per heavy atom. The van der Waals surface area contributed by atoms with E-state index in [1.165, 1.54) is 0 Å². The number of urea groups is 1. The number of amides is 2. The average molecular weight is 284 g/mol. The first-order chi connectivity index (χ1) is 9.40. The number of nitrogens with zero attached hydrogens (tertiary/aromatic N) is 1. The molecule has 2 N–H and O–H groups in total. The Morgan fingerprint density at radius 2 is 2.05 bits per heavy atom. The van der Waals surface area contributed by atoms with Gasteiger partial charge in [-0.1, -0.05) is 0 Å². The quantitative estimate of drug-likeness (QED) is 0.822. The Morgan fingerprint density at radius 1 is 1.40 bits per heavy atom. The van der Waals surface area contributed by atoms with E-state index in [4.69, 9.17) is 9.84 Å². The van der Waals surface area contributed by atoms with Crippen LogP contribution in [0.15, 0.2) is 0 Å². The van der Waals surface area contributed by atoms with E-state index in [0.717, 1.165) is 19.3 Å². The van der Waals surface area contributed by atoms with Gasteiger partial charge in [0.15, 0.2) is 0 Å². The maximum absolute atomic E-state index is 12.3. The van der Waals surface area contributed by atoms with Gasteiger partial charge in [0.1, 0.15) is 0 Å². The second-order valence-electron chi connectivity index (χ2n) is 6.14. The summed E-state index contributed by atoms with van der Waals surface area (Å²) in [5.74, 6) is -0.557. The zero-order valence-corrected chi connectivity index (χ0v) is 12.2. The van der Waals surface area contributed by atoms with E-state index in [-0.39, 0.29) is 30.0 Å². The van der Waals surface area contributed by atoms with Gasteiger partial charge in [0.05, 0.1) is 11.6 Å². The van der Waals surface area contributed by atoms with Crippen LogP contribution in [0.1, 0.15) is 39.5 Å². The number of piperidine rings is 1. The Labute approximate surface area is 119 Å². The largest absolute Gasteiger partial charge is 0.481 e. The monoisotopic (exact) mass is 284 g/mol. The Kier molecular flexibility index (Phi) is 4.52. The highest BCUT2D eigenvalue weighted by Gasteiger charge is 2.39. The number of ether oxygens (including phenoxy) is 1. The zero-order valence-electron chi connectivity index (χ0n) is 12.2. The normalized spacial score (nSPS) is 31.3. The Hall–Kier alpha value is -1.30. The molecule has 0 aliphatic carbocycles. The first kappa shape index (κ1) is 15.1. The predicted octanol–water partition coefficient (Wildman–Crippen LogP) is 1.45. The van der Waals surface area contributed by atoms with Gasteiger partial charge in [-0.3, -0.25) is 4.79 Å². The topological polar surface area (TPSA) is 78.9 Å². The third-order valence-electron chi connectivity index (χ3n) is 4.64. The van der Waals surface area contributed by atoms with Crippen molar-refractivity contribution < 1.29 is 19.4 Å². The fourth-order valence-electron chi connectivity index (χ4n) is 2.91. The second-order valence-corrected chi connectivity index (χ2v) is 6.14. The first-order valence-electron chi connectivity index (χ1n) is 7.31. The van der Waals surface area contributed by atoms with Crippen molar-refractivity contribution in [1.29, 1.82) is 0 Å². The van der Waals surface area contributed by atoms with Crippen molar-refractivity contribution in [2.45, 2.75) is 51.2 Å². The van der Waals surface area contributed by atoms with Gasteiger partial charge >= 0.3 is 12.0 Å². The lowest BCUT2D eigenvalue weighted by Gasteiger charge is -2.36. The first-order valence-corrected chi connectivity index (χ1v) is 7.31. The third kappa shape index (κ3) is 3.42. The fourth-order valence-corrected chi connectivity index (χ4v) is 2.91. The minimum Gasteiger partial charge on any atom is -0.481 e. The summed E-state index contributed by atoms with van der Waals surface area (Å²) in [5.41, 5.74) is -0.297. The molecule has 6 heteroatoms. The number of carbonyl (C=O) groups is 2. The number of nitrogens with one attached hydrogen (secondary N) is 1. The van der Waals surface area contributed by atoms with Gasteiger partial charge in [-0.2, -0.15) is 0 Å². The summed E-state index contributed by atoms with van der Waals surface area (Å²) in [4.78, 5) is 24.7. The molecule has 0 bridgehead atoms. The minimum atomic E-state index is -0.752. The van der Waals surface area contributed by atoms with Gasteiger partial charge in [0, 0.05) is 26.1 Å². The molecule has 6 nitrogen and oxygen atoms in total. The van der Waals surface area contributed by atoms with Gasteiger partial charge in [-0.15, -0.1) is 0 Å². The molecule has 20 heavy (non-hydrogen) atoms. The molecule has 0 spiro atoms. The molecule has 0 saturated carbocycles. The number of carboxylic acids is 1. The predicted molar refractivity (Wildman–Crippen MR) is 73.5 cm³/mol. The van der Waals surface area contributed by atoms with E-state index in [0.29, 0.717) is 19.7 Å². The van der Waals surface area contributed by atoms with Crippen LogP contribution in [0.2, 0.25) is 0 Å². The van der Waals surface area contributed by atoms with Crippen LogP contribution in [-0.2, 0) is 9.53 Å². The van der Waals surface area contributed by atoms with E-state index >= 15 is 0 Å². The standard InChI is InChI=1S/C14H24N2O4/c1-10-14(2,5-8-20-10)15-13(19)16-6-3-11(4-7-16)9-12(17)18/h10-11H,3-9H2,1-2H3,(H,15,19)(H,17,18). The second kappa shape index (κ2) is 5.99. The van der Waals surface area contributed by atoms with Crippen molar-refractivity contribution in [3.05, 3.63) is 0 Å². The molecule has 2 fully saturated rings. The molecule has 0 radical (unpaired) electrons. The van der Waals surface area contributed by atoms with Crippen molar-refractivity contribution in [1.82, 2.24) is 10.2 Å². The molecule has 2 amide bonds. The molecule has 2 heterocycles. The summed E-state index contributed by atoms with van der Waals surface area (Å²) < 4.78 is 5.52. The summed E-state index contributed by atoms with van der Waals surface area (Å²) in [5, 5.41) is 11.9. The highest BCUT2D eigenvalue weighted by Crippen LogP contribution is 2.26. The molecule has 0 aromatic rings. The van der Waals surface area contributed by atoms with Crippen molar-refractivity contribution in [2.24, 2.45) is 5.92 Å². The summed E-state index contributed by atoms with van der Waals surface area (Å²) in [6.07, 6.45) is 2.59. The Balaban J connectivity index is 1.81. The lowest BCUT2D eigenvalue weighted by atomic mass is 9.93. The van der Waals surface area contributed by atoms with E-state index in [9.17, 15) is 9.59 Å². The summed E-state index contributed by atoms with van der Waals surface area (Å²) in [6, 6.07) is -0.0568. The summed E-state index contributed by atoms with van der Waals surface area (Å²) >= 11 is 0. The van der Waals surface area contributed by atoms with Crippen LogP contribution in [0.25, 0.3) is 0 Å². The summed E-state index contributed by atoms with van der Waals surface area (Å²) in [7, 11) is 0. The highest BCUT2D eigenvalue weighted by molar-refractivity contribution is 5.75. The highest BCUT2D eigenvalue weighted by atomic mass is 16.5. The number of aliphatic carboxylic acids is 1. The minimum absolute atomic E-state index is 0.0241. The Bertz CT molecular complexity index is 379. The SMILES string of the molecule is CC1OCCC1(C)NC(=O)N1CCC(CC(=O)O)CC1. The van der Waals surface area contributed by atoms with Crippen molar-refractivity contribution >= 4 is 12.0 Å². The van der Waals surface area contributed by atoms with Gasteiger partial charge in [0.25, 0.3) is 0 Å². The molecular weight excluding hydrogens is 260 g/mol. The molecule has 0 aromatic heterocycles. The molecule has 2 unspecified atom stereocenters. The van der Waals surface area contributed by atoms with Crippen molar-refractivity contribution in [3.8, 4) is 0 Å².